The van der Waals surface area contributed by atoms with Crippen LogP contribution in [0.15, 0.2) is 35.9 Å². The number of hydrogen-bond donors (Lipinski definition) is 1. The maximum absolute atomic E-state index is 12.7. The van der Waals surface area contributed by atoms with Gasteiger partial charge in [0, 0.05) is 29.0 Å². The van der Waals surface area contributed by atoms with Crippen molar-refractivity contribution in [2.75, 3.05) is 17.3 Å². The lowest BCUT2D eigenvalue weighted by Crippen LogP contribution is -2.45. The van der Waals surface area contributed by atoms with Crippen molar-refractivity contribution in [2.24, 2.45) is 0 Å². The predicted octanol–water partition coefficient (Wildman–Crippen LogP) is 6.22. The van der Waals surface area contributed by atoms with E-state index in [4.69, 9.17) is 11.6 Å². The maximum Gasteiger partial charge on any atom is 0.266 e. The van der Waals surface area contributed by atoms with Crippen LogP contribution < -0.4 is 10.2 Å². The molecule has 2 aromatic rings. The van der Waals surface area contributed by atoms with Crippen molar-refractivity contribution in [3.63, 3.8) is 0 Å². The highest BCUT2D eigenvalue weighted by atomic mass is 35.5. The molecule has 0 saturated carbocycles. The number of nitrogens with zero attached hydrogens (tertiary/aromatic N) is 2. The summed E-state index contributed by atoms with van der Waals surface area (Å²) in [5.74, 6) is -0.0900. The predicted molar refractivity (Wildman–Crippen MR) is 125 cm³/mol. The first-order chi connectivity index (χ1) is 14.0. The van der Waals surface area contributed by atoms with E-state index in [0.29, 0.717) is 22.2 Å². The first-order valence-corrected chi connectivity index (χ1v) is 10.5. The van der Waals surface area contributed by atoms with Gasteiger partial charge in [0.15, 0.2) is 0 Å². The standard InChI is InChI=1S/C25H28ClN3O/c1-15-7-16(2)9-20(8-15)28-24(30)19(14-27)10-18-11-21-17(3)13-25(4,5)29(6)23(21)12-22(18)26/h7-12,17H,13H2,1-6H3,(H,28,30)/b19-10+. The second-order valence-electron chi connectivity index (χ2n) is 8.91. The van der Waals surface area contributed by atoms with E-state index in [0.717, 1.165) is 23.2 Å². The smallest absolute Gasteiger partial charge is 0.266 e. The minimum absolute atomic E-state index is 0.0214. The van der Waals surface area contributed by atoms with Gasteiger partial charge >= 0.3 is 0 Å². The summed E-state index contributed by atoms with van der Waals surface area (Å²) in [4.78, 5) is 15.0. The van der Waals surface area contributed by atoms with E-state index in [1.54, 1.807) is 6.08 Å². The quantitative estimate of drug-likeness (QED) is 0.472. The van der Waals surface area contributed by atoms with Crippen LogP contribution in [0.4, 0.5) is 11.4 Å². The lowest BCUT2D eigenvalue weighted by molar-refractivity contribution is -0.112. The van der Waals surface area contributed by atoms with Crippen molar-refractivity contribution >= 4 is 35.0 Å². The summed E-state index contributed by atoms with van der Waals surface area (Å²) in [6, 6.07) is 11.8. The maximum atomic E-state index is 12.7. The van der Waals surface area contributed by atoms with E-state index in [1.807, 2.05) is 50.2 Å². The highest BCUT2D eigenvalue weighted by Gasteiger charge is 2.34. The zero-order chi connectivity index (χ0) is 22.2. The number of amides is 1. The van der Waals surface area contributed by atoms with Gasteiger partial charge in [0.1, 0.15) is 11.6 Å². The molecule has 1 heterocycles. The zero-order valence-corrected chi connectivity index (χ0v) is 19.2. The fraction of sp³-hybridized carbons (Fsp3) is 0.360. The van der Waals surface area contributed by atoms with Crippen LogP contribution >= 0.6 is 11.6 Å². The van der Waals surface area contributed by atoms with Crippen LogP contribution in [-0.4, -0.2) is 18.5 Å². The lowest BCUT2D eigenvalue weighted by atomic mass is 9.80. The topological polar surface area (TPSA) is 56.1 Å². The Labute approximate surface area is 184 Å². The van der Waals surface area contributed by atoms with Gasteiger partial charge in [-0.05, 0) is 92.6 Å². The molecule has 0 radical (unpaired) electrons. The monoisotopic (exact) mass is 421 g/mol. The molecule has 1 unspecified atom stereocenters. The van der Waals surface area contributed by atoms with Crippen molar-refractivity contribution in [1.29, 1.82) is 5.26 Å². The van der Waals surface area contributed by atoms with Crippen LogP contribution in [0.5, 0.6) is 0 Å². The van der Waals surface area contributed by atoms with Gasteiger partial charge in [0.25, 0.3) is 5.91 Å². The average molecular weight is 422 g/mol. The first-order valence-electron chi connectivity index (χ1n) is 10.1. The van der Waals surface area contributed by atoms with E-state index in [9.17, 15) is 10.1 Å². The van der Waals surface area contributed by atoms with Crippen LogP contribution in [0.25, 0.3) is 6.08 Å². The second-order valence-corrected chi connectivity index (χ2v) is 9.32. The number of rotatable bonds is 3. The molecule has 0 aromatic heterocycles. The summed E-state index contributed by atoms with van der Waals surface area (Å²) in [7, 11) is 2.08. The van der Waals surface area contributed by atoms with E-state index in [1.165, 1.54) is 5.56 Å². The SMILES string of the molecule is Cc1cc(C)cc(NC(=O)/C(C#N)=C/c2cc3c(cc2Cl)N(C)C(C)(C)CC3C)c1. The number of aryl methyl sites for hydroxylation is 2. The molecule has 1 atom stereocenters. The van der Waals surface area contributed by atoms with Crippen LogP contribution in [0.3, 0.4) is 0 Å². The van der Waals surface area contributed by atoms with Crippen LogP contribution in [-0.2, 0) is 4.79 Å². The molecule has 1 aliphatic heterocycles. The zero-order valence-electron chi connectivity index (χ0n) is 18.4. The molecule has 0 fully saturated rings. The summed E-state index contributed by atoms with van der Waals surface area (Å²) < 4.78 is 0. The normalized spacial score (nSPS) is 17.9. The molecule has 1 aliphatic rings. The van der Waals surface area contributed by atoms with Gasteiger partial charge in [-0.1, -0.05) is 24.6 Å². The number of nitrogens with one attached hydrogen (secondary N) is 1. The molecule has 0 saturated heterocycles. The minimum Gasteiger partial charge on any atom is -0.369 e. The van der Waals surface area contributed by atoms with Crippen molar-refractivity contribution in [1.82, 2.24) is 0 Å². The lowest BCUT2D eigenvalue weighted by Gasteiger charge is -2.45. The van der Waals surface area contributed by atoms with Gasteiger partial charge in [-0.2, -0.15) is 5.26 Å². The van der Waals surface area contributed by atoms with Gasteiger partial charge in [0.05, 0.1) is 0 Å². The summed E-state index contributed by atoms with van der Waals surface area (Å²) in [5.41, 5.74) is 5.79. The summed E-state index contributed by atoms with van der Waals surface area (Å²) in [5, 5.41) is 13.0. The molecule has 3 rings (SSSR count). The van der Waals surface area contributed by atoms with Gasteiger partial charge in [-0.3, -0.25) is 4.79 Å². The van der Waals surface area contributed by atoms with Crippen LogP contribution in [0.2, 0.25) is 5.02 Å². The number of nitriles is 1. The fourth-order valence-electron chi connectivity index (χ4n) is 4.26. The van der Waals surface area contributed by atoms with Gasteiger partial charge in [-0.15, -0.1) is 0 Å². The number of carbonyl (C=O) groups is 1. The van der Waals surface area contributed by atoms with Crippen molar-refractivity contribution in [3.05, 3.63) is 63.2 Å². The number of benzene rings is 2. The Hall–Kier alpha value is -2.77. The molecule has 0 bridgehead atoms. The highest BCUT2D eigenvalue weighted by molar-refractivity contribution is 6.32. The molecule has 2 aromatic carbocycles. The number of fused-ring (bicyclic) bond motifs is 1. The van der Waals surface area contributed by atoms with Crippen molar-refractivity contribution < 1.29 is 4.79 Å². The Bertz CT molecular complexity index is 1060. The van der Waals surface area contributed by atoms with E-state index >= 15 is 0 Å². The summed E-state index contributed by atoms with van der Waals surface area (Å²) >= 11 is 6.56. The van der Waals surface area contributed by atoms with E-state index < -0.39 is 5.91 Å². The van der Waals surface area contributed by atoms with Crippen LogP contribution in [0, 0.1) is 25.2 Å². The highest BCUT2D eigenvalue weighted by Crippen LogP contribution is 2.44. The van der Waals surface area contributed by atoms with Gasteiger partial charge in [0.2, 0.25) is 0 Å². The molecule has 0 aliphatic carbocycles. The number of hydrogen-bond acceptors (Lipinski definition) is 3. The third-order valence-electron chi connectivity index (χ3n) is 5.90. The number of carbonyl (C=O) groups excluding carboxylic acids is 1. The summed E-state index contributed by atoms with van der Waals surface area (Å²) in [6.07, 6.45) is 2.59. The van der Waals surface area contributed by atoms with E-state index in [2.05, 4.69) is 38.0 Å². The van der Waals surface area contributed by atoms with E-state index in [-0.39, 0.29) is 11.1 Å². The fourth-order valence-corrected chi connectivity index (χ4v) is 4.48. The largest absolute Gasteiger partial charge is 0.369 e. The summed E-state index contributed by atoms with van der Waals surface area (Å²) in [6.45, 7) is 10.6. The Kier molecular flexibility index (Phi) is 5.97. The Morgan fingerprint density at radius 3 is 2.47 bits per heavy atom. The number of anilines is 2. The van der Waals surface area contributed by atoms with Crippen molar-refractivity contribution in [2.45, 2.75) is 52.5 Å². The Morgan fingerprint density at radius 2 is 1.87 bits per heavy atom. The minimum atomic E-state index is -0.442. The van der Waals surface area contributed by atoms with Gasteiger partial charge < -0.3 is 10.2 Å². The molecule has 30 heavy (non-hydrogen) atoms. The molecular weight excluding hydrogens is 394 g/mol. The third kappa shape index (κ3) is 4.37. The molecule has 1 amide bonds. The Morgan fingerprint density at radius 1 is 1.23 bits per heavy atom. The molecular formula is C25H28ClN3O. The number of halogens is 1. The van der Waals surface area contributed by atoms with Crippen molar-refractivity contribution in [3.8, 4) is 6.07 Å². The molecule has 1 N–H and O–H groups in total. The second kappa shape index (κ2) is 8.16. The first kappa shape index (κ1) is 21.9. The molecule has 5 heteroatoms. The van der Waals surface area contributed by atoms with Gasteiger partial charge in [-0.25, -0.2) is 0 Å². The molecule has 156 valence electrons. The average Bonchev–Trinajstić information content (AvgIpc) is 2.63. The van der Waals surface area contributed by atoms with Crippen LogP contribution in [0.1, 0.15) is 55.4 Å². The third-order valence-corrected chi connectivity index (χ3v) is 6.22. The Balaban J connectivity index is 1.95. The molecule has 0 spiro atoms. The molecule has 4 nitrogen and oxygen atoms in total.